The SMILES string of the molecule is CCNC(=NCc1ccc(C(N)=O)o1)NCCOC.I. The van der Waals surface area contributed by atoms with Crippen LogP contribution in [-0.2, 0) is 11.3 Å². The minimum Gasteiger partial charge on any atom is -0.454 e. The Hall–Kier alpha value is -1.29. The monoisotopic (exact) mass is 396 g/mol. The minimum absolute atomic E-state index is 0. The van der Waals surface area contributed by atoms with Crippen LogP contribution >= 0.6 is 24.0 Å². The quantitative estimate of drug-likeness (QED) is 0.273. The highest BCUT2D eigenvalue weighted by Gasteiger charge is 2.06. The van der Waals surface area contributed by atoms with Gasteiger partial charge in [-0.15, -0.1) is 24.0 Å². The van der Waals surface area contributed by atoms with Gasteiger partial charge in [-0.1, -0.05) is 0 Å². The number of aliphatic imine (C=N–C) groups is 1. The predicted octanol–water partition coefficient (Wildman–Crippen LogP) is 0.698. The van der Waals surface area contributed by atoms with Gasteiger partial charge >= 0.3 is 0 Å². The van der Waals surface area contributed by atoms with Crippen LogP contribution in [0.3, 0.4) is 0 Å². The van der Waals surface area contributed by atoms with Crippen molar-refractivity contribution >= 4 is 35.8 Å². The van der Waals surface area contributed by atoms with Crippen LogP contribution in [0.1, 0.15) is 23.2 Å². The standard InChI is InChI=1S/C12H20N4O3.HI/c1-3-14-12(15-6-7-18-2)16-8-9-4-5-10(19-9)11(13)17;/h4-5H,3,6-8H2,1-2H3,(H2,13,17)(H2,14,15,16);1H. The molecule has 0 fully saturated rings. The van der Waals surface area contributed by atoms with Crippen molar-refractivity contribution in [2.45, 2.75) is 13.5 Å². The number of methoxy groups -OCH3 is 1. The number of halogens is 1. The first-order chi connectivity index (χ1) is 9.17. The van der Waals surface area contributed by atoms with E-state index in [1.165, 1.54) is 0 Å². The van der Waals surface area contributed by atoms with Crippen LogP contribution in [-0.4, -0.2) is 38.7 Å². The van der Waals surface area contributed by atoms with Gasteiger partial charge in [0, 0.05) is 20.2 Å². The summed E-state index contributed by atoms with van der Waals surface area (Å²) in [5.41, 5.74) is 5.10. The molecule has 0 bridgehead atoms. The molecular formula is C12H21IN4O3. The van der Waals surface area contributed by atoms with E-state index in [2.05, 4.69) is 15.6 Å². The zero-order valence-electron chi connectivity index (χ0n) is 11.6. The normalized spacial score (nSPS) is 10.8. The van der Waals surface area contributed by atoms with E-state index < -0.39 is 5.91 Å². The third-order valence-corrected chi connectivity index (χ3v) is 2.24. The van der Waals surface area contributed by atoms with Gasteiger partial charge in [-0.25, -0.2) is 4.99 Å². The number of nitrogens with one attached hydrogen (secondary N) is 2. The highest BCUT2D eigenvalue weighted by atomic mass is 127. The molecule has 8 heteroatoms. The molecular weight excluding hydrogens is 375 g/mol. The van der Waals surface area contributed by atoms with Crippen LogP contribution in [0.25, 0.3) is 0 Å². The molecule has 1 aromatic heterocycles. The number of hydrogen-bond donors (Lipinski definition) is 3. The van der Waals surface area contributed by atoms with Crippen LogP contribution in [0, 0.1) is 0 Å². The molecule has 0 radical (unpaired) electrons. The third kappa shape index (κ3) is 6.75. The molecule has 0 aliphatic heterocycles. The van der Waals surface area contributed by atoms with Crippen LogP contribution in [0.15, 0.2) is 21.5 Å². The Kier molecular flexibility index (Phi) is 9.82. The second-order valence-corrected chi connectivity index (χ2v) is 3.74. The zero-order chi connectivity index (χ0) is 14.1. The maximum Gasteiger partial charge on any atom is 0.284 e. The molecule has 0 spiro atoms. The fraction of sp³-hybridized carbons (Fsp3) is 0.500. The first-order valence-corrected chi connectivity index (χ1v) is 6.07. The summed E-state index contributed by atoms with van der Waals surface area (Å²) in [5, 5.41) is 6.19. The van der Waals surface area contributed by atoms with Crippen molar-refractivity contribution in [2.24, 2.45) is 10.7 Å². The molecule has 0 saturated heterocycles. The summed E-state index contributed by atoms with van der Waals surface area (Å²) in [4.78, 5) is 15.2. The van der Waals surface area contributed by atoms with Crippen LogP contribution < -0.4 is 16.4 Å². The summed E-state index contributed by atoms with van der Waals surface area (Å²) < 4.78 is 10.2. The van der Waals surface area contributed by atoms with E-state index in [9.17, 15) is 4.79 Å². The number of furan rings is 1. The lowest BCUT2D eigenvalue weighted by atomic mass is 10.4. The lowest BCUT2D eigenvalue weighted by Crippen LogP contribution is -2.38. The second kappa shape index (κ2) is 10.5. The average Bonchev–Trinajstić information content (AvgIpc) is 2.85. The number of ether oxygens (including phenoxy) is 1. The molecule has 0 unspecified atom stereocenters. The van der Waals surface area contributed by atoms with Crippen molar-refractivity contribution in [1.82, 2.24) is 10.6 Å². The van der Waals surface area contributed by atoms with Crippen molar-refractivity contribution in [2.75, 3.05) is 26.8 Å². The molecule has 7 nitrogen and oxygen atoms in total. The zero-order valence-corrected chi connectivity index (χ0v) is 14.0. The van der Waals surface area contributed by atoms with Crippen molar-refractivity contribution < 1.29 is 13.9 Å². The topological polar surface area (TPSA) is 102 Å². The highest BCUT2D eigenvalue weighted by Crippen LogP contribution is 2.08. The van der Waals surface area contributed by atoms with E-state index in [4.69, 9.17) is 14.9 Å². The Bertz CT molecular complexity index is 434. The fourth-order valence-corrected chi connectivity index (χ4v) is 1.37. The van der Waals surface area contributed by atoms with Gasteiger partial charge in [0.25, 0.3) is 5.91 Å². The Balaban J connectivity index is 0.00000361. The maximum atomic E-state index is 10.9. The maximum absolute atomic E-state index is 10.9. The molecule has 114 valence electrons. The van der Waals surface area contributed by atoms with Gasteiger partial charge in [0.15, 0.2) is 11.7 Å². The molecule has 1 amide bonds. The number of carbonyl (C=O) groups excluding carboxylic acids is 1. The lowest BCUT2D eigenvalue weighted by molar-refractivity contribution is 0.0972. The molecule has 0 atom stereocenters. The first kappa shape index (κ1) is 18.7. The third-order valence-electron chi connectivity index (χ3n) is 2.24. The van der Waals surface area contributed by atoms with Crippen LogP contribution in [0.2, 0.25) is 0 Å². The van der Waals surface area contributed by atoms with Crippen molar-refractivity contribution in [3.63, 3.8) is 0 Å². The summed E-state index contributed by atoms with van der Waals surface area (Å²) in [6, 6.07) is 3.22. The lowest BCUT2D eigenvalue weighted by Gasteiger charge is -2.10. The van der Waals surface area contributed by atoms with E-state index in [1.54, 1.807) is 19.2 Å². The van der Waals surface area contributed by atoms with Crippen LogP contribution in [0.4, 0.5) is 0 Å². The number of rotatable bonds is 7. The molecule has 1 heterocycles. The van der Waals surface area contributed by atoms with E-state index >= 15 is 0 Å². The molecule has 1 aromatic rings. The highest BCUT2D eigenvalue weighted by molar-refractivity contribution is 14.0. The summed E-state index contributed by atoms with van der Waals surface area (Å²) in [6.45, 7) is 4.31. The summed E-state index contributed by atoms with van der Waals surface area (Å²) in [5.74, 6) is 0.803. The minimum atomic E-state index is -0.583. The number of primary amides is 1. The molecule has 20 heavy (non-hydrogen) atoms. The molecule has 1 rings (SSSR count). The number of hydrogen-bond acceptors (Lipinski definition) is 4. The number of nitrogens with two attached hydrogens (primary N) is 1. The van der Waals surface area contributed by atoms with Gasteiger partial charge in [0.05, 0.1) is 6.61 Å². The van der Waals surface area contributed by atoms with Gasteiger partial charge < -0.3 is 25.5 Å². The van der Waals surface area contributed by atoms with Gasteiger partial charge in [0.2, 0.25) is 0 Å². The number of amides is 1. The fourth-order valence-electron chi connectivity index (χ4n) is 1.37. The first-order valence-electron chi connectivity index (χ1n) is 6.07. The molecule has 0 aromatic carbocycles. The molecule has 4 N–H and O–H groups in total. The van der Waals surface area contributed by atoms with E-state index in [1.807, 2.05) is 6.92 Å². The van der Waals surface area contributed by atoms with E-state index in [0.29, 0.717) is 31.4 Å². The summed E-state index contributed by atoms with van der Waals surface area (Å²) in [6.07, 6.45) is 0. The average molecular weight is 396 g/mol. The van der Waals surface area contributed by atoms with Crippen molar-refractivity contribution in [3.05, 3.63) is 23.7 Å². The largest absolute Gasteiger partial charge is 0.454 e. The predicted molar refractivity (Wildman–Crippen MR) is 87.3 cm³/mol. The van der Waals surface area contributed by atoms with Gasteiger partial charge in [-0.3, -0.25) is 4.79 Å². The van der Waals surface area contributed by atoms with Gasteiger partial charge in [-0.05, 0) is 19.1 Å². The van der Waals surface area contributed by atoms with Crippen molar-refractivity contribution in [1.29, 1.82) is 0 Å². The van der Waals surface area contributed by atoms with E-state index in [0.717, 1.165) is 6.54 Å². The van der Waals surface area contributed by atoms with Crippen LogP contribution in [0.5, 0.6) is 0 Å². The Morgan fingerprint density at radius 3 is 2.75 bits per heavy atom. The molecule has 0 saturated carbocycles. The number of nitrogens with zero attached hydrogens (tertiary/aromatic N) is 1. The van der Waals surface area contributed by atoms with Crippen molar-refractivity contribution in [3.8, 4) is 0 Å². The Morgan fingerprint density at radius 2 is 2.20 bits per heavy atom. The van der Waals surface area contributed by atoms with Gasteiger partial charge in [-0.2, -0.15) is 0 Å². The molecule has 0 aliphatic rings. The Morgan fingerprint density at radius 1 is 1.45 bits per heavy atom. The van der Waals surface area contributed by atoms with E-state index in [-0.39, 0.29) is 29.7 Å². The number of carbonyl (C=O) groups is 1. The molecule has 0 aliphatic carbocycles. The summed E-state index contributed by atoms with van der Waals surface area (Å²) in [7, 11) is 1.64. The van der Waals surface area contributed by atoms with Gasteiger partial charge in [0.1, 0.15) is 12.3 Å². The second-order valence-electron chi connectivity index (χ2n) is 3.74. The Labute approximate surface area is 135 Å². The summed E-state index contributed by atoms with van der Waals surface area (Å²) >= 11 is 0. The number of guanidine groups is 1. The smallest absolute Gasteiger partial charge is 0.284 e.